The highest BCUT2D eigenvalue weighted by molar-refractivity contribution is 9.10. The average molecular weight is 606 g/mol. The molecule has 0 aliphatic carbocycles. The molecule has 196 valence electrons. The lowest BCUT2D eigenvalue weighted by Crippen LogP contribution is -2.22. The quantitative estimate of drug-likeness (QED) is 0.105. The van der Waals surface area contributed by atoms with Crippen LogP contribution in [-0.4, -0.2) is 20.8 Å². The fraction of sp³-hybridized carbons (Fsp3) is 0.138. The predicted molar refractivity (Wildman–Crippen MR) is 157 cm³/mol. The zero-order valence-corrected chi connectivity index (χ0v) is 23.1. The summed E-state index contributed by atoms with van der Waals surface area (Å²) in [5.41, 5.74) is 1.15. The van der Waals surface area contributed by atoms with Crippen molar-refractivity contribution in [2.75, 3.05) is 0 Å². The average Bonchev–Trinajstić information content (AvgIpc) is 2.92. The summed E-state index contributed by atoms with van der Waals surface area (Å²) in [7, 11) is 0. The molecule has 0 fully saturated rings. The Morgan fingerprint density at radius 1 is 1.10 bits per heavy atom. The lowest BCUT2D eigenvalue weighted by atomic mass is 10.1. The standard InChI is InChI=1S/C29H22BrClN4O4/c1-2-6-27-33-25-12-11-21(30)15-23(25)29(36)34(27)32-16-18-13-24(31)28(26(14-18)35(37)38)39-17-20-9-5-8-19-7-3-4-10-22(19)20/h3-5,7-16H,2,6,17H2,1H3. The first-order chi connectivity index (χ1) is 18.9. The summed E-state index contributed by atoms with van der Waals surface area (Å²) in [6.07, 6.45) is 2.64. The molecule has 5 aromatic rings. The molecule has 5 rings (SSSR count). The highest BCUT2D eigenvalue weighted by atomic mass is 79.9. The zero-order valence-electron chi connectivity index (χ0n) is 20.8. The molecule has 0 radical (unpaired) electrons. The molecule has 0 spiro atoms. The lowest BCUT2D eigenvalue weighted by molar-refractivity contribution is -0.385. The van der Waals surface area contributed by atoms with Crippen LogP contribution in [0.5, 0.6) is 5.75 Å². The van der Waals surface area contributed by atoms with Crippen LogP contribution in [-0.2, 0) is 13.0 Å². The second-order valence-corrected chi connectivity index (χ2v) is 10.2. The van der Waals surface area contributed by atoms with Gasteiger partial charge in [-0.05, 0) is 47.0 Å². The molecule has 0 amide bonds. The second-order valence-electron chi connectivity index (χ2n) is 8.84. The van der Waals surface area contributed by atoms with Crippen molar-refractivity contribution in [2.45, 2.75) is 26.4 Å². The van der Waals surface area contributed by atoms with E-state index in [1.807, 2.05) is 55.5 Å². The van der Waals surface area contributed by atoms with Gasteiger partial charge in [-0.1, -0.05) is 76.9 Å². The maximum Gasteiger partial charge on any atom is 0.313 e. The van der Waals surface area contributed by atoms with Gasteiger partial charge in [-0.25, -0.2) is 4.98 Å². The summed E-state index contributed by atoms with van der Waals surface area (Å²) in [5.74, 6) is 0.456. The van der Waals surface area contributed by atoms with E-state index >= 15 is 0 Å². The Balaban J connectivity index is 1.50. The number of aromatic nitrogens is 2. The van der Waals surface area contributed by atoms with E-state index in [9.17, 15) is 14.9 Å². The molecule has 1 heterocycles. The van der Waals surface area contributed by atoms with Gasteiger partial charge in [0.1, 0.15) is 12.4 Å². The van der Waals surface area contributed by atoms with E-state index in [1.54, 1.807) is 12.1 Å². The second kappa shape index (κ2) is 11.3. The van der Waals surface area contributed by atoms with E-state index < -0.39 is 4.92 Å². The van der Waals surface area contributed by atoms with Crippen molar-refractivity contribution in [3.63, 3.8) is 0 Å². The Hall–Kier alpha value is -4.08. The molecular formula is C29H22BrClN4O4. The highest BCUT2D eigenvalue weighted by Crippen LogP contribution is 2.37. The number of hydrogen-bond donors (Lipinski definition) is 0. The zero-order chi connectivity index (χ0) is 27.5. The Bertz CT molecular complexity index is 1810. The number of nitro benzene ring substituents is 1. The first-order valence-electron chi connectivity index (χ1n) is 12.2. The molecule has 1 aromatic heterocycles. The van der Waals surface area contributed by atoms with Gasteiger partial charge in [0, 0.05) is 22.5 Å². The van der Waals surface area contributed by atoms with Crippen molar-refractivity contribution >= 4 is 61.1 Å². The van der Waals surface area contributed by atoms with Crippen molar-refractivity contribution in [3.05, 3.63) is 120 Å². The molecule has 0 aliphatic rings. The van der Waals surface area contributed by atoms with E-state index in [0.29, 0.717) is 28.7 Å². The molecule has 0 atom stereocenters. The van der Waals surface area contributed by atoms with Crippen LogP contribution in [0.1, 0.15) is 30.3 Å². The first-order valence-corrected chi connectivity index (χ1v) is 13.4. The summed E-state index contributed by atoms with van der Waals surface area (Å²) in [6, 6.07) is 21.8. The van der Waals surface area contributed by atoms with Crippen LogP contribution in [0.15, 0.2) is 87.2 Å². The van der Waals surface area contributed by atoms with Gasteiger partial charge in [0.15, 0.2) is 0 Å². The van der Waals surface area contributed by atoms with Crippen LogP contribution in [0.3, 0.4) is 0 Å². The molecule has 39 heavy (non-hydrogen) atoms. The number of rotatable bonds is 8. The minimum Gasteiger partial charge on any atom is -0.481 e. The summed E-state index contributed by atoms with van der Waals surface area (Å²) in [4.78, 5) is 29.2. The van der Waals surface area contributed by atoms with Gasteiger partial charge < -0.3 is 4.74 Å². The number of benzene rings is 4. The van der Waals surface area contributed by atoms with Crippen molar-refractivity contribution in [3.8, 4) is 5.75 Å². The van der Waals surface area contributed by atoms with Gasteiger partial charge in [0.05, 0.1) is 27.1 Å². The van der Waals surface area contributed by atoms with Crippen molar-refractivity contribution in [1.82, 2.24) is 9.66 Å². The van der Waals surface area contributed by atoms with Gasteiger partial charge in [-0.2, -0.15) is 9.78 Å². The maximum absolute atomic E-state index is 13.2. The van der Waals surface area contributed by atoms with Gasteiger partial charge in [-0.3, -0.25) is 14.9 Å². The fourth-order valence-electron chi connectivity index (χ4n) is 4.34. The molecule has 0 saturated heterocycles. The lowest BCUT2D eigenvalue weighted by Gasteiger charge is -2.12. The summed E-state index contributed by atoms with van der Waals surface area (Å²) >= 11 is 9.86. The fourth-order valence-corrected chi connectivity index (χ4v) is 4.98. The highest BCUT2D eigenvalue weighted by Gasteiger charge is 2.21. The van der Waals surface area contributed by atoms with Gasteiger partial charge in [0.2, 0.25) is 5.75 Å². The SMILES string of the molecule is CCCc1nc2ccc(Br)cc2c(=O)n1N=Cc1cc(Cl)c(OCc2cccc3ccccc23)c([N+](=O)[O-])c1. The van der Waals surface area contributed by atoms with Gasteiger partial charge in [-0.15, -0.1) is 0 Å². The van der Waals surface area contributed by atoms with Crippen molar-refractivity contribution < 1.29 is 9.66 Å². The molecule has 0 N–H and O–H groups in total. The van der Waals surface area contributed by atoms with Gasteiger partial charge in [0.25, 0.3) is 5.56 Å². The molecule has 8 nitrogen and oxygen atoms in total. The van der Waals surface area contributed by atoms with Crippen LogP contribution in [0, 0.1) is 10.1 Å². The normalized spacial score (nSPS) is 11.5. The first kappa shape index (κ1) is 26.5. The van der Waals surface area contributed by atoms with Crippen molar-refractivity contribution in [2.24, 2.45) is 5.10 Å². The smallest absolute Gasteiger partial charge is 0.313 e. The van der Waals surface area contributed by atoms with Crippen LogP contribution in [0.25, 0.3) is 21.7 Å². The van der Waals surface area contributed by atoms with Gasteiger partial charge >= 0.3 is 5.69 Å². The molecule has 0 aliphatic heterocycles. The Labute approximate surface area is 236 Å². The Kier molecular flexibility index (Phi) is 7.72. The third kappa shape index (κ3) is 5.55. The minimum atomic E-state index is -0.550. The van der Waals surface area contributed by atoms with E-state index in [4.69, 9.17) is 16.3 Å². The van der Waals surface area contributed by atoms with E-state index in [2.05, 4.69) is 26.0 Å². The molecule has 0 unspecified atom stereocenters. The molecule has 0 saturated carbocycles. The number of aryl methyl sites for hydroxylation is 1. The third-order valence-corrected chi connectivity index (χ3v) is 6.94. The summed E-state index contributed by atoms with van der Waals surface area (Å²) < 4.78 is 7.85. The number of nitro groups is 1. The van der Waals surface area contributed by atoms with E-state index in [-0.39, 0.29) is 28.6 Å². The number of fused-ring (bicyclic) bond motifs is 2. The summed E-state index contributed by atoms with van der Waals surface area (Å²) in [6.45, 7) is 2.08. The number of ether oxygens (including phenoxy) is 1. The van der Waals surface area contributed by atoms with E-state index in [0.717, 1.165) is 27.2 Å². The van der Waals surface area contributed by atoms with Crippen LogP contribution >= 0.6 is 27.5 Å². The molecule has 0 bridgehead atoms. The summed E-state index contributed by atoms with van der Waals surface area (Å²) in [5, 5.41) is 18.8. The topological polar surface area (TPSA) is 99.6 Å². The van der Waals surface area contributed by atoms with E-state index in [1.165, 1.54) is 23.0 Å². The van der Waals surface area contributed by atoms with Crippen LogP contribution < -0.4 is 10.3 Å². The van der Waals surface area contributed by atoms with Crippen molar-refractivity contribution in [1.29, 1.82) is 0 Å². The van der Waals surface area contributed by atoms with Crippen LogP contribution in [0.2, 0.25) is 5.02 Å². The predicted octanol–water partition coefficient (Wildman–Crippen LogP) is 7.29. The maximum atomic E-state index is 13.2. The minimum absolute atomic E-state index is 0.0344. The monoisotopic (exact) mass is 604 g/mol. The number of halogens is 2. The third-order valence-electron chi connectivity index (χ3n) is 6.17. The molecule has 4 aromatic carbocycles. The molecule has 10 heteroatoms. The number of nitrogens with zero attached hydrogens (tertiary/aromatic N) is 4. The Morgan fingerprint density at radius 3 is 2.69 bits per heavy atom. The largest absolute Gasteiger partial charge is 0.481 e. The molecular weight excluding hydrogens is 584 g/mol. The number of hydrogen-bond acceptors (Lipinski definition) is 6. The Morgan fingerprint density at radius 2 is 1.90 bits per heavy atom. The van der Waals surface area contributed by atoms with Crippen LogP contribution in [0.4, 0.5) is 5.69 Å².